The molecule has 0 bridgehead atoms. The monoisotopic (exact) mass is 297 g/mol. The molecule has 2 N–H and O–H groups in total. The van der Waals surface area contributed by atoms with Crippen LogP contribution in [0.2, 0.25) is 5.02 Å². The second-order valence-electron chi connectivity index (χ2n) is 4.73. The molecule has 0 fully saturated rings. The standard InChI is InChI=1S/C14H17ClFN3O/c1-8(17)11-6-10(16)4-5-13(11)20-7-12-14(15)9(2)18-19(12)3/h4-6,8H,7,17H2,1-3H3/t8-/m1/s1. The molecule has 2 rings (SSSR count). The molecule has 0 unspecified atom stereocenters. The van der Waals surface area contributed by atoms with E-state index < -0.39 is 0 Å². The van der Waals surface area contributed by atoms with Crippen molar-refractivity contribution in [1.29, 1.82) is 0 Å². The zero-order valence-electron chi connectivity index (χ0n) is 11.7. The number of nitrogens with two attached hydrogens (primary N) is 1. The Balaban J connectivity index is 2.23. The van der Waals surface area contributed by atoms with Gasteiger partial charge in [0.05, 0.1) is 16.4 Å². The summed E-state index contributed by atoms with van der Waals surface area (Å²) in [6.45, 7) is 3.86. The molecule has 0 aliphatic carbocycles. The minimum atomic E-state index is -0.334. The first-order valence-electron chi connectivity index (χ1n) is 6.26. The quantitative estimate of drug-likeness (QED) is 0.943. The predicted octanol–water partition coefficient (Wildman–Crippen LogP) is 3.12. The third-order valence-corrected chi connectivity index (χ3v) is 3.58. The molecule has 4 nitrogen and oxygen atoms in total. The van der Waals surface area contributed by atoms with Crippen molar-refractivity contribution in [3.05, 3.63) is 46.0 Å². The van der Waals surface area contributed by atoms with E-state index in [9.17, 15) is 4.39 Å². The number of hydrogen-bond acceptors (Lipinski definition) is 3. The third kappa shape index (κ3) is 2.94. The molecule has 1 aromatic heterocycles. The van der Waals surface area contributed by atoms with Crippen molar-refractivity contribution in [2.75, 3.05) is 0 Å². The average molecular weight is 298 g/mol. The molecular formula is C14H17ClFN3O. The smallest absolute Gasteiger partial charge is 0.131 e. The summed E-state index contributed by atoms with van der Waals surface area (Å²) in [5, 5.41) is 4.80. The Morgan fingerprint density at radius 1 is 1.50 bits per heavy atom. The fraction of sp³-hybridized carbons (Fsp3) is 0.357. The SMILES string of the molecule is Cc1nn(C)c(COc2ccc(F)cc2[C@@H](C)N)c1Cl. The molecular weight excluding hydrogens is 281 g/mol. The maximum atomic E-state index is 13.3. The Morgan fingerprint density at radius 3 is 2.75 bits per heavy atom. The fourth-order valence-corrected chi connectivity index (χ4v) is 2.20. The molecule has 0 aliphatic heterocycles. The van der Waals surface area contributed by atoms with E-state index in [1.54, 1.807) is 24.7 Å². The minimum absolute atomic E-state index is 0.252. The molecule has 1 atom stereocenters. The molecule has 0 aliphatic rings. The van der Waals surface area contributed by atoms with Crippen molar-refractivity contribution in [3.8, 4) is 5.75 Å². The molecule has 108 valence electrons. The van der Waals surface area contributed by atoms with E-state index in [-0.39, 0.29) is 18.5 Å². The van der Waals surface area contributed by atoms with E-state index in [2.05, 4.69) is 5.10 Å². The predicted molar refractivity (Wildman–Crippen MR) is 76.3 cm³/mol. The second kappa shape index (κ2) is 5.81. The maximum Gasteiger partial charge on any atom is 0.131 e. The molecule has 0 radical (unpaired) electrons. The summed E-state index contributed by atoms with van der Waals surface area (Å²) in [5.41, 5.74) is 7.97. The van der Waals surface area contributed by atoms with Gasteiger partial charge in [0.2, 0.25) is 0 Å². The van der Waals surface area contributed by atoms with Crippen LogP contribution < -0.4 is 10.5 Å². The highest BCUT2D eigenvalue weighted by Crippen LogP contribution is 2.27. The van der Waals surface area contributed by atoms with E-state index in [1.165, 1.54) is 12.1 Å². The van der Waals surface area contributed by atoms with Crippen LogP contribution in [0.3, 0.4) is 0 Å². The summed E-state index contributed by atoms with van der Waals surface area (Å²) in [6, 6.07) is 3.99. The molecule has 2 aromatic rings. The number of hydrogen-bond donors (Lipinski definition) is 1. The molecule has 0 amide bonds. The highest BCUT2D eigenvalue weighted by Gasteiger charge is 2.14. The summed E-state index contributed by atoms with van der Waals surface area (Å²) < 4.78 is 20.7. The van der Waals surface area contributed by atoms with Gasteiger partial charge in [-0.25, -0.2) is 4.39 Å². The minimum Gasteiger partial charge on any atom is -0.487 e. The van der Waals surface area contributed by atoms with Crippen LogP contribution in [0.15, 0.2) is 18.2 Å². The number of rotatable bonds is 4. The Morgan fingerprint density at radius 2 is 2.20 bits per heavy atom. The first-order chi connectivity index (χ1) is 9.40. The van der Waals surface area contributed by atoms with Crippen molar-refractivity contribution >= 4 is 11.6 Å². The number of nitrogens with zero attached hydrogens (tertiary/aromatic N) is 2. The van der Waals surface area contributed by atoms with Gasteiger partial charge in [-0.05, 0) is 32.0 Å². The van der Waals surface area contributed by atoms with E-state index in [0.29, 0.717) is 16.3 Å². The van der Waals surface area contributed by atoms with Gasteiger partial charge in [0, 0.05) is 18.7 Å². The highest BCUT2D eigenvalue weighted by atomic mass is 35.5. The highest BCUT2D eigenvalue weighted by molar-refractivity contribution is 6.31. The second-order valence-corrected chi connectivity index (χ2v) is 5.11. The summed E-state index contributed by atoms with van der Waals surface area (Å²) >= 11 is 6.16. The largest absolute Gasteiger partial charge is 0.487 e. The molecule has 1 aromatic carbocycles. The summed E-state index contributed by atoms with van der Waals surface area (Å²) in [5.74, 6) is 0.218. The van der Waals surface area contributed by atoms with Crippen molar-refractivity contribution in [1.82, 2.24) is 9.78 Å². The van der Waals surface area contributed by atoms with Crippen LogP contribution in [0.25, 0.3) is 0 Å². The Bertz CT molecular complexity index is 625. The van der Waals surface area contributed by atoms with Crippen LogP contribution in [-0.2, 0) is 13.7 Å². The molecule has 0 saturated heterocycles. The van der Waals surface area contributed by atoms with Crippen molar-refractivity contribution in [3.63, 3.8) is 0 Å². The van der Waals surface area contributed by atoms with Gasteiger partial charge in [-0.15, -0.1) is 0 Å². The van der Waals surface area contributed by atoms with Crippen LogP contribution in [0.4, 0.5) is 4.39 Å². The van der Waals surface area contributed by atoms with Gasteiger partial charge >= 0.3 is 0 Å². The molecule has 6 heteroatoms. The molecule has 0 spiro atoms. The van der Waals surface area contributed by atoms with Crippen LogP contribution in [0.5, 0.6) is 5.75 Å². The Hall–Kier alpha value is -1.59. The van der Waals surface area contributed by atoms with Crippen LogP contribution in [0, 0.1) is 12.7 Å². The van der Waals surface area contributed by atoms with E-state index in [1.807, 2.05) is 6.92 Å². The molecule has 20 heavy (non-hydrogen) atoms. The van der Waals surface area contributed by atoms with Gasteiger partial charge in [-0.3, -0.25) is 4.68 Å². The lowest BCUT2D eigenvalue weighted by atomic mass is 10.1. The zero-order valence-corrected chi connectivity index (χ0v) is 12.4. The van der Waals surface area contributed by atoms with Gasteiger partial charge in [-0.1, -0.05) is 11.6 Å². The van der Waals surface area contributed by atoms with Crippen molar-refractivity contribution in [2.45, 2.75) is 26.5 Å². The van der Waals surface area contributed by atoms with Gasteiger partial charge in [-0.2, -0.15) is 5.10 Å². The summed E-state index contributed by atoms with van der Waals surface area (Å²) in [7, 11) is 1.80. The lowest BCUT2D eigenvalue weighted by Crippen LogP contribution is -2.10. The maximum absolute atomic E-state index is 13.3. The Kier molecular flexibility index (Phi) is 4.30. The first-order valence-corrected chi connectivity index (χ1v) is 6.63. The number of aryl methyl sites for hydroxylation is 2. The average Bonchev–Trinajstić information content (AvgIpc) is 2.62. The van der Waals surface area contributed by atoms with E-state index in [0.717, 1.165) is 11.4 Å². The van der Waals surface area contributed by atoms with Crippen LogP contribution in [-0.4, -0.2) is 9.78 Å². The lowest BCUT2D eigenvalue weighted by Gasteiger charge is -2.14. The number of aromatic nitrogens is 2. The van der Waals surface area contributed by atoms with Gasteiger partial charge in [0.15, 0.2) is 0 Å². The topological polar surface area (TPSA) is 53.1 Å². The van der Waals surface area contributed by atoms with E-state index in [4.69, 9.17) is 22.1 Å². The first kappa shape index (κ1) is 14.8. The number of benzene rings is 1. The van der Waals surface area contributed by atoms with Crippen LogP contribution in [0.1, 0.15) is 29.9 Å². The fourth-order valence-electron chi connectivity index (χ4n) is 1.99. The number of ether oxygens (including phenoxy) is 1. The zero-order chi connectivity index (χ0) is 14.9. The van der Waals surface area contributed by atoms with Crippen LogP contribution >= 0.6 is 11.6 Å². The molecule has 0 saturated carbocycles. The lowest BCUT2D eigenvalue weighted by molar-refractivity contribution is 0.290. The number of halogens is 2. The summed E-state index contributed by atoms with van der Waals surface area (Å²) in [6.07, 6.45) is 0. The van der Waals surface area contributed by atoms with Gasteiger partial charge in [0.25, 0.3) is 0 Å². The molecule has 1 heterocycles. The van der Waals surface area contributed by atoms with Gasteiger partial charge < -0.3 is 10.5 Å². The van der Waals surface area contributed by atoms with Gasteiger partial charge in [0.1, 0.15) is 18.2 Å². The third-order valence-electron chi connectivity index (χ3n) is 3.09. The van der Waals surface area contributed by atoms with Crippen molar-refractivity contribution in [2.24, 2.45) is 12.8 Å². The Labute approximate surface area is 122 Å². The van der Waals surface area contributed by atoms with E-state index >= 15 is 0 Å². The summed E-state index contributed by atoms with van der Waals surface area (Å²) in [4.78, 5) is 0. The van der Waals surface area contributed by atoms with Crippen molar-refractivity contribution < 1.29 is 9.13 Å². The normalized spacial score (nSPS) is 12.5.